The second-order valence-corrected chi connectivity index (χ2v) is 5.26. The predicted octanol–water partition coefficient (Wildman–Crippen LogP) is 1.25. The van der Waals surface area contributed by atoms with Gasteiger partial charge >= 0.3 is 0 Å². The van der Waals surface area contributed by atoms with Gasteiger partial charge in [-0.25, -0.2) is 0 Å². The molecule has 2 aromatic heterocycles. The molecule has 0 aliphatic carbocycles. The number of hydrogen-bond donors (Lipinski definition) is 2. The van der Waals surface area contributed by atoms with Crippen molar-refractivity contribution in [2.75, 3.05) is 19.7 Å². The van der Waals surface area contributed by atoms with Gasteiger partial charge in [0, 0.05) is 31.3 Å². The number of aromatic amines is 2. The summed E-state index contributed by atoms with van der Waals surface area (Å²) in [6.45, 7) is 3.27. The van der Waals surface area contributed by atoms with Crippen LogP contribution >= 0.6 is 0 Å². The summed E-state index contributed by atoms with van der Waals surface area (Å²) in [6, 6.07) is 8.61. The third-order valence-electron chi connectivity index (χ3n) is 3.83. The fourth-order valence-corrected chi connectivity index (χ4v) is 2.76. The van der Waals surface area contributed by atoms with E-state index in [4.69, 9.17) is 4.74 Å². The molecule has 3 heterocycles. The number of benzene rings is 1. The van der Waals surface area contributed by atoms with Gasteiger partial charge in [0.1, 0.15) is 6.10 Å². The lowest BCUT2D eigenvalue weighted by Gasteiger charge is -2.31. The van der Waals surface area contributed by atoms with Crippen molar-refractivity contribution in [1.82, 2.24) is 30.5 Å². The molecular formula is C14H16N6O. The Hall–Kier alpha value is -2.25. The van der Waals surface area contributed by atoms with Crippen LogP contribution in [0, 0.1) is 0 Å². The van der Waals surface area contributed by atoms with Crippen LogP contribution in [0.3, 0.4) is 0 Å². The Balaban J connectivity index is 1.48. The Labute approximate surface area is 121 Å². The lowest BCUT2D eigenvalue weighted by atomic mass is 10.1. The minimum Gasteiger partial charge on any atom is -0.367 e. The van der Waals surface area contributed by atoms with Crippen LogP contribution in [0.15, 0.2) is 30.5 Å². The van der Waals surface area contributed by atoms with E-state index in [0.29, 0.717) is 12.4 Å². The summed E-state index contributed by atoms with van der Waals surface area (Å²) in [4.78, 5) is 5.61. The Morgan fingerprint density at radius 3 is 3.24 bits per heavy atom. The quantitative estimate of drug-likeness (QED) is 0.756. The minimum atomic E-state index is -0.105. The molecule has 7 heteroatoms. The molecule has 1 aliphatic heterocycles. The van der Waals surface area contributed by atoms with Crippen LogP contribution in [-0.4, -0.2) is 50.2 Å². The highest BCUT2D eigenvalue weighted by Gasteiger charge is 2.25. The number of morpholine rings is 1. The van der Waals surface area contributed by atoms with E-state index < -0.39 is 0 Å². The molecule has 1 saturated heterocycles. The van der Waals surface area contributed by atoms with Crippen LogP contribution in [0.4, 0.5) is 0 Å². The monoisotopic (exact) mass is 284 g/mol. The van der Waals surface area contributed by atoms with Gasteiger partial charge in [-0.15, -0.1) is 10.2 Å². The zero-order valence-electron chi connectivity index (χ0n) is 11.5. The van der Waals surface area contributed by atoms with E-state index in [0.717, 1.165) is 19.6 Å². The van der Waals surface area contributed by atoms with Gasteiger partial charge in [-0.1, -0.05) is 17.3 Å². The molecule has 0 saturated carbocycles. The molecule has 1 aliphatic rings. The van der Waals surface area contributed by atoms with Crippen molar-refractivity contribution in [3.63, 3.8) is 0 Å². The van der Waals surface area contributed by atoms with E-state index in [1.165, 1.54) is 16.5 Å². The first-order chi connectivity index (χ1) is 10.4. The molecule has 0 bridgehead atoms. The first kappa shape index (κ1) is 12.5. The fourth-order valence-electron chi connectivity index (χ4n) is 2.76. The SMILES string of the molecule is c1cc2ccc(CN3CCOC(c4nn[nH]n4)C3)cc2[nH]1. The molecule has 0 radical (unpaired) electrons. The van der Waals surface area contributed by atoms with Gasteiger partial charge in [-0.2, -0.15) is 5.21 Å². The van der Waals surface area contributed by atoms with Crippen molar-refractivity contribution in [1.29, 1.82) is 0 Å². The average molecular weight is 284 g/mol. The average Bonchev–Trinajstić information content (AvgIpc) is 3.18. The van der Waals surface area contributed by atoms with Crippen LogP contribution in [0.2, 0.25) is 0 Å². The summed E-state index contributed by atoms with van der Waals surface area (Å²) < 4.78 is 5.72. The maximum Gasteiger partial charge on any atom is 0.204 e. The van der Waals surface area contributed by atoms with Gasteiger partial charge in [-0.3, -0.25) is 4.90 Å². The molecule has 7 nitrogen and oxygen atoms in total. The zero-order valence-corrected chi connectivity index (χ0v) is 11.5. The number of nitrogens with zero attached hydrogens (tertiary/aromatic N) is 4. The Bertz CT molecular complexity index is 722. The third-order valence-corrected chi connectivity index (χ3v) is 3.83. The number of tetrazole rings is 1. The number of hydrogen-bond acceptors (Lipinski definition) is 5. The molecular weight excluding hydrogens is 268 g/mol. The summed E-state index contributed by atoms with van der Waals surface area (Å²) >= 11 is 0. The topological polar surface area (TPSA) is 82.7 Å². The van der Waals surface area contributed by atoms with Crippen molar-refractivity contribution < 1.29 is 4.74 Å². The molecule has 21 heavy (non-hydrogen) atoms. The van der Waals surface area contributed by atoms with Gasteiger partial charge in [0.15, 0.2) is 0 Å². The Morgan fingerprint density at radius 1 is 1.33 bits per heavy atom. The highest BCUT2D eigenvalue weighted by molar-refractivity contribution is 5.79. The third kappa shape index (κ3) is 2.53. The highest BCUT2D eigenvalue weighted by Crippen LogP contribution is 2.21. The molecule has 1 fully saturated rings. The first-order valence-electron chi connectivity index (χ1n) is 7.02. The van der Waals surface area contributed by atoms with E-state index in [1.54, 1.807) is 0 Å². The molecule has 1 aromatic carbocycles. The summed E-state index contributed by atoms with van der Waals surface area (Å²) in [5, 5.41) is 15.3. The van der Waals surface area contributed by atoms with Gasteiger partial charge in [-0.05, 0) is 23.1 Å². The van der Waals surface area contributed by atoms with Crippen LogP contribution in [-0.2, 0) is 11.3 Å². The molecule has 0 spiro atoms. The Kier molecular flexibility index (Phi) is 3.13. The lowest BCUT2D eigenvalue weighted by Crippen LogP contribution is -2.38. The van der Waals surface area contributed by atoms with Gasteiger partial charge < -0.3 is 9.72 Å². The smallest absolute Gasteiger partial charge is 0.204 e. The summed E-state index contributed by atoms with van der Waals surface area (Å²) in [5.41, 5.74) is 2.47. The zero-order chi connectivity index (χ0) is 14.1. The normalized spacial score (nSPS) is 20.1. The summed E-state index contributed by atoms with van der Waals surface area (Å²) in [7, 11) is 0. The van der Waals surface area contributed by atoms with Crippen molar-refractivity contribution in [2.45, 2.75) is 12.6 Å². The van der Waals surface area contributed by atoms with E-state index >= 15 is 0 Å². The standard InChI is InChI=1S/C14H16N6O/c1-2-11-3-4-15-12(11)7-10(1)8-20-5-6-21-13(9-20)14-16-18-19-17-14/h1-4,7,13,15H,5-6,8-9H2,(H,16,17,18,19). The number of rotatable bonds is 3. The van der Waals surface area contributed by atoms with Crippen LogP contribution in [0.5, 0.6) is 0 Å². The molecule has 3 aromatic rings. The Morgan fingerprint density at radius 2 is 2.33 bits per heavy atom. The van der Waals surface area contributed by atoms with Crippen molar-refractivity contribution in [3.8, 4) is 0 Å². The number of ether oxygens (including phenoxy) is 1. The van der Waals surface area contributed by atoms with Gasteiger partial charge in [0.05, 0.1) is 6.61 Å². The maximum atomic E-state index is 5.72. The number of nitrogens with one attached hydrogen (secondary N) is 2. The van der Waals surface area contributed by atoms with Crippen LogP contribution in [0.1, 0.15) is 17.5 Å². The van der Waals surface area contributed by atoms with Crippen molar-refractivity contribution >= 4 is 10.9 Å². The fraction of sp³-hybridized carbons (Fsp3) is 0.357. The van der Waals surface area contributed by atoms with E-state index in [-0.39, 0.29) is 6.10 Å². The maximum absolute atomic E-state index is 5.72. The van der Waals surface area contributed by atoms with E-state index in [2.05, 4.69) is 54.8 Å². The van der Waals surface area contributed by atoms with E-state index in [9.17, 15) is 0 Å². The highest BCUT2D eigenvalue weighted by atomic mass is 16.5. The second-order valence-electron chi connectivity index (χ2n) is 5.26. The lowest BCUT2D eigenvalue weighted by molar-refractivity contribution is -0.0371. The van der Waals surface area contributed by atoms with Crippen LogP contribution < -0.4 is 0 Å². The molecule has 1 atom stereocenters. The van der Waals surface area contributed by atoms with Gasteiger partial charge in [0.25, 0.3) is 0 Å². The second kappa shape index (κ2) is 5.27. The largest absolute Gasteiger partial charge is 0.367 e. The van der Waals surface area contributed by atoms with E-state index in [1.807, 2.05) is 6.20 Å². The molecule has 2 N–H and O–H groups in total. The number of aromatic nitrogens is 5. The molecule has 108 valence electrons. The van der Waals surface area contributed by atoms with Crippen molar-refractivity contribution in [3.05, 3.63) is 41.9 Å². The molecule has 0 amide bonds. The summed E-state index contributed by atoms with van der Waals surface area (Å²) in [6.07, 6.45) is 1.86. The first-order valence-corrected chi connectivity index (χ1v) is 7.02. The predicted molar refractivity (Wildman–Crippen MR) is 76.4 cm³/mol. The molecule has 4 rings (SSSR count). The van der Waals surface area contributed by atoms with Crippen molar-refractivity contribution in [2.24, 2.45) is 0 Å². The number of fused-ring (bicyclic) bond motifs is 1. The van der Waals surface area contributed by atoms with Crippen LogP contribution in [0.25, 0.3) is 10.9 Å². The summed E-state index contributed by atoms with van der Waals surface area (Å²) in [5.74, 6) is 0.625. The number of H-pyrrole nitrogens is 2. The minimum absolute atomic E-state index is 0.105. The molecule has 1 unspecified atom stereocenters. The van der Waals surface area contributed by atoms with Gasteiger partial charge in [0.2, 0.25) is 5.82 Å².